The molecule has 0 radical (unpaired) electrons. The Bertz CT molecular complexity index is 865. The topological polar surface area (TPSA) is 32.8 Å². The maximum absolute atomic E-state index is 13.3. The number of rotatable bonds is 7. The molecule has 4 heteroatoms. The van der Waals surface area contributed by atoms with Gasteiger partial charge in [-0.2, -0.15) is 0 Å². The van der Waals surface area contributed by atoms with Crippen molar-refractivity contribution in [2.24, 2.45) is 0 Å². The molecule has 0 aliphatic carbocycles. The SMILES string of the molecule is O=C(c1ccc(OCCN2CCCC2)cc1)N(c1ccccc1)c1ccccc1. The average Bonchev–Trinajstić information content (AvgIpc) is 3.29. The molecule has 1 saturated heterocycles. The molecule has 1 aliphatic heterocycles. The molecular weight excluding hydrogens is 360 g/mol. The first-order valence-corrected chi connectivity index (χ1v) is 10.2. The predicted octanol–water partition coefficient (Wildman–Crippen LogP) is 5.14. The molecule has 0 saturated carbocycles. The number of hydrogen-bond donors (Lipinski definition) is 0. The van der Waals surface area contributed by atoms with Gasteiger partial charge in [0.25, 0.3) is 5.91 Å². The van der Waals surface area contributed by atoms with E-state index in [-0.39, 0.29) is 5.91 Å². The number of amides is 1. The van der Waals surface area contributed by atoms with Crippen molar-refractivity contribution in [2.75, 3.05) is 31.1 Å². The number of anilines is 2. The van der Waals surface area contributed by atoms with Crippen LogP contribution in [0.1, 0.15) is 23.2 Å². The Morgan fingerprint density at radius 1 is 0.793 bits per heavy atom. The standard InChI is InChI=1S/C25H26N2O2/c28-25(27(22-9-3-1-4-10-22)23-11-5-2-6-12-23)21-13-15-24(16-14-21)29-20-19-26-17-7-8-18-26/h1-6,9-16H,7-8,17-20H2. The van der Waals surface area contributed by atoms with Crippen LogP contribution >= 0.6 is 0 Å². The fourth-order valence-corrected chi connectivity index (χ4v) is 3.66. The summed E-state index contributed by atoms with van der Waals surface area (Å²) in [5.41, 5.74) is 2.31. The largest absolute Gasteiger partial charge is 0.492 e. The van der Waals surface area contributed by atoms with Gasteiger partial charge in [-0.05, 0) is 74.5 Å². The summed E-state index contributed by atoms with van der Waals surface area (Å²) in [7, 11) is 0. The molecule has 0 unspecified atom stereocenters. The summed E-state index contributed by atoms with van der Waals surface area (Å²) < 4.78 is 5.87. The molecule has 1 amide bonds. The van der Waals surface area contributed by atoms with Crippen LogP contribution in [-0.2, 0) is 0 Å². The highest BCUT2D eigenvalue weighted by atomic mass is 16.5. The van der Waals surface area contributed by atoms with E-state index in [1.165, 1.54) is 25.9 Å². The molecule has 0 atom stereocenters. The van der Waals surface area contributed by atoms with Gasteiger partial charge in [0.05, 0.1) is 0 Å². The lowest BCUT2D eigenvalue weighted by Gasteiger charge is -2.23. The van der Waals surface area contributed by atoms with Gasteiger partial charge in [-0.1, -0.05) is 36.4 Å². The van der Waals surface area contributed by atoms with E-state index < -0.39 is 0 Å². The zero-order valence-corrected chi connectivity index (χ0v) is 16.5. The second-order valence-corrected chi connectivity index (χ2v) is 7.23. The van der Waals surface area contributed by atoms with E-state index >= 15 is 0 Å². The number of carbonyl (C=O) groups excluding carboxylic acids is 1. The highest BCUT2D eigenvalue weighted by molar-refractivity contribution is 6.10. The lowest BCUT2D eigenvalue weighted by atomic mass is 10.1. The molecule has 0 aromatic heterocycles. The van der Waals surface area contributed by atoms with Gasteiger partial charge in [0.15, 0.2) is 0 Å². The highest BCUT2D eigenvalue weighted by Crippen LogP contribution is 2.27. The maximum atomic E-state index is 13.3. The first-order valence-electron chi connectivity index (χ1n) is 10.2. The first-order chi connectivity index (χ1) is 14.3. The van der Waals surface area contributed by atoms with Crippen molar-refractivity contribution in [3.05, 3.63) is 90.5 Å². The summed E-state index contributed by atoms with van der Waals surface area (Å²) in [5, 5.41) is 0. The highest BCUT2D eigenvalue weighted by Gasteiger charge is 2.19. The number of carbonyl (C=O) groups is 1. The lowest BCUT2D eigenvalue weighted by molar-refractivity contribution is 0.0999. The minimum Gasteiger partial charge on any atom is -0.492 e. The second kappa shape index (κ2) is 9.39. The van der Waals surface area contributed by atoms with Gasteiger partial charge in [-0.3, -0.25) is 14.6 Å². The van der Waals surface area contributed by atoms with Crippen LogP contribution in [0.5, 0.6) is 5.75 Å². The molecule has 1 aliphatic rings. The molecule has 148 valence electrons. The van der Waals surface area contributed by atoms with Crippen LogP contribution in [0.4, 0.5) is 11.4 Å². The zero-order valence-electron chi connectivity index (χ0n) is 16.5. The van der Waals surface area contributed by atoms with E-state index in [4.69, 9.17) is 4.74 Å². The van der Waals surface area contributed by atoms with Crippen LogP contribution < -0.4 is 9.64 Å². The number of likely N-dealkylation sites (tertiary alicyclic amines) is 1. The van der Waals surface area contributed by atoms with Crippen LogP contribution in [0.25, 0.3) is 0 Å². The molecule has 0 spiro atoms. The van der Waals surface area contributed by atoms with Crippen LogP contribution in [0.2, 0.25) is 0 Å². The summed E-state index contributed by atoms with van der Waals surface area (Å²) in [6.07, 6.45) is 2.58. The molecule has 0 bridgehead atoms. The van der Waals surface area contributed by atoms with Crippen LogP contribution in [0, 0.1) is 0 Å². The minimum atomic E-state index is -0.0639. The van der Waals surface area contributed by atoms with E-state index in [9.17, 15) is 4.79 Å². The monoisotopic (exact) mass is 386 g/mol. The Morgan fingerprint density at radius 3 is 1.90 bits per heavy atom. The molecule has 4 rings (SSSR count). The third kappa shape index (κ3) is 4.84. The van der Waals surface area contributed by atoms with Gasteiger partial charge >= 0.3 is 0 Å². The third-order valence-corrected chi connectivity index (χ3v) is 5.21. The van der Waals surface area contributed by atoms with Gasteiger partial charge in [0.2, 0.25) is 0 Å². The van der Waals surface area contributed by atoms with Gasteiger partial charge in [0.1, 0.15) is 12.4 Å². The van der Waals surface area contributed by atoms with E-state index in [2.05, 4.69) is 4.90 Å². The quantitative estimate of drug-likeness (QED) is 0.564. The molecule has 1 heterocycles. The molecule has 0 N–H and O–H groups in total. The molecule has 29 heavy (non-hydrogen) atoms. The number of para-hydroxylation sites is 2. The van der Waals surface area contributed by atoms with Crippen molar-refractivity contribution >= 4 is 17.3 Å². The fourth-order valence-electron chi connectivity index (χ4n) is 3.66. The van der Waals surface area contributed by atoms with Crippen molar-refractivity contribution in [3.8, 4) is 5.75 Å². The Morgan fingerprint density at radius 2 is 1.34 bits per heavy atom. The average molecular weight is 386 g/mol. The fraction of sp³-hybridized carbons (Fsp3) is 0.240. The van der Waals surface area contributed by atoms with Gasteiger partial charge in [-0.25, -0.2) is 0 Å². The lowest BCUT2D eigenvalue weighted by Crippen LogP contribution is -2.26. The van der Waals surface area contributed by atoms with Crippen LogP contribution in [0.3, 0.4) is 0 Å². The normalized spacial score (nSPS) is 13.9. The van der Waals surface area contributed by atoms with Gasteiger partial charge in [0, 0.05) is 23.5 Å². The number of ether oxygens (including phenoxy) is 1. The smallest absolute Gasteiger partial charge is 0.262 e. The van der Waals surface area contributed by atoms with Crippen molar-refractivity contribution in [1.29, 1.82) is 0 Å². The van der Waals surface area contributed by atoms with Crippen LogP contribution in [-0.4, -0.2) is 37.0 Å². The second-order valence-electron chi connectivity index (χ2n) is 7.23. The van der Waals surface area contributed by atoms with Crippen molar-refractivity contribution in [2.45, 2.75) is 12.8 Å². The van der Waals surface area contributed by atoms with E-state index in [1.54, 1.807) is 4.90 Å². The zero-order chi connectivity index (χ0) is 19.9. The van der Waals surface area contributed by atoms with Crippen molar-refractivity contribution < 1.29 is 9.53 Å². The Kier molecular flexibility index (Phi) is 6.22. The van der Waals surface area contributed by atoms with E-state index in [0.29, 0.717) is 12.2 Å². The Balaban J connectivity index is 1.47. The number of hydrogen-bond acceptors (Lipinski definition) is 3. The molecule has 3 aromatic carbocycles. The molecule has 4 nitrogen and oxygen atoms in total. The summed E-state index contributed by atoms with van der Waals surface area (Å²) in [5.74, 6) is 0.734. The number of nitrogens with zero attached hydrogens (tertiary/aromatic N) is 2. The summed E-state index contributed by atoms with van der Waals surface area (Å²) in [4.78, 5) is 17.5. The molecule has 3 aromatic rings. The van der Waals surface area contributed by atoms with Crippen molar-refractivity contribution in [3.63, 3.8) is 0 Å². The van der Waals surface area contributed by atoms with E-state index in [0.717, 1.165) is 23.7 Å². The van der Waals surface area contributed by atoms with Gasteiger partial charge < -0.3 is 4.74 Å². The maximum Gasteiger partial charge on any atom is 0.262 e. The van der Waals surface area contributed by atoms with Crippen molar-refractivity contribution in [1.82, 2.24) is 4.90 Å². The molecule has 1 fully saturated rings. The predicted molar refractivity (Wildman–Crippen MR) is 117 cm³/mol. The Hall–Kier alpha value is -3.11. The van der Waals surface area contributed by atoms with Crippen LogP contribution in [0.15, 0.2) is 84.9 Å². The molecular formula is C25H26N2O2. The number of benzene rings is 3. The summed E-state index contributed by atoms with van der Waals surface area (Å²) in [6.45, 7) is 3.97. The van der Waals surface area contributed by atoms with Gasteiger partial charge in [-0.15, -0.1) is 0 Å². The Labute approximate surface area is 172 Å². The third-order valence-electron chi connectivity index (χ3n) is 5.21. The minimum absolute atomic E-state index is 0.0639. The summed E-state index contributed by atoms with van der Waals surface area (Å²) in [6, 6.07) is 26.9. The first kappa shape index (κ1) is 19.2. The van der Waals surface area contributed by atoms with E-state index in [1.807, 2.05) is 84.9 Å². The summed E-state index contributed by atoms with van der Waals surface area (Å²) >= 11 is 0.